The molecule has 2 aliphatic rings. The molecular formula is C20H20ClN. The van der Waals surface area contributed by atoms with Gasteiger partial charge in [-0.05, 0) is 57.0 Å². The summed E-state index contributed by atoms with van der Waals surface area (Å²) in [6.45, 7) is 9.18. The van der Waals surface area contributed by atoms with Crippen LogP contribution in [0.2, 0.25) is 5.02 Å². The summed E-state index contributed by atoms with van der Waals surface area (Å²) in [6, 6.07) is 6.25. The van der Waals surface area contributed by atoms with Gasteiger partial charge in [0.25, 0.3) is 0 Å². The van der Waals surface area contributed by atoms with Gasteiger partial charge in [0, 0.05) is 27.0 Å². The van der Waals surface area contributed by atoms with Gasteiger partial charge >= 0.3 is 0 Å². The molecule has 1 aromatic carbocycles. The number of aryl methyl sites for hydroxylation is 1. The molecule has 1 atom stereocenters. The van der Waals surface area contributed by atoms with Crippen LogP contribution in [0.25, 0.3) is 10.9 Å². The Labute approximate surface area is 136 Å². The molecule has 0 radical (unpaired) electrons. The van der Waals surface area contributed by atoms with Crippen molar-refractivity contribution in [3.8, 4) is 0 Å². The van der Waals surface area contributed by atoms with Gasteiger partial charge in [-0.15, -0.1) is 0 Å². The number of allylic oxidation sites excluding steroid dienone is 6. The molecule has 0 saturated carbocycles. The predicted molar refractivity (Wildman–Crippen MR) is 94.7 cm³/mol. The van der Waals surface area contributed by atoms with Crippen LogP contribution >= 0.6 is 11.6 Å². The molecule has 2 aromatic rings. The fourth-order valence-electron chi connectivity index (χ4n) is 4.51. The highest BCUT2D eigenvalue weighted by atomic mass is 35.5. The summed E-state index contributed by atoms with van der Waals surface area (Å²) in [5.41, 5.74) is 5.32. The van der Waals surface area contributed by atoms with E-state index in [0.717, 1.165) is 5.02 Å². The Kier molecular flexibility index (Phi) is 2.64. The second-order valence-corrected chi connectivity index (χ2v) is 7.49. The molecule has 0 bridgehead atoms. The van der Waals surface area contributed by atoms with E-state index in [0.29, 0.717) is 0 Å². The average Bonchev–Trinajstić information content (AvgIpc) is 2.72. The first-order valence-electron chi connectivity index (χ1n) is 7.76. The molecule has 1 nitrogen and oxygen atoms in total. The van der Waals surface area contributed by atoms with Gasteiger partial charge in [-0.3, -0.25) is 0 Å². The molecule has 4 rings (SSSR count). The minimum atomic E-state index is -0.0669. The number of halogens is 1. The van der Waals surface area contributed by atoms with Crippen molar-refractivity contribution in [2.24, 2.45) is 0 Å². The third-order valence-electron chi connectivity index (χ3n) is 5.37. The first-order chi connectivity index (χ1) is 10.4. The maximum Gasteiger partial charge on any atom is 0.0619 e. The standard InChI is InChI=1S/C20H20ClN/c1-13-15-12-14(21)9-10-16(15)22-18(13)20(4)11-7-5-6-8-17(20)19(22,2)3/h5-12H,1-4H3. The van der Waals surface area contributed by atoms with Crippen LogP contribution < -0.4 is 0 Å². The third kappa shape index (κ3) is 1.50. The monoisotopic (exact) mass is 309 g/mol. The minimum absolute atomic E-state index is 0.0521. The van der Waals surface area contributed by atoms with E-state index in [1.165, 1.54) is 27.7 Å². The average molecular weight is 310 g/mol. The number of benzene rings is 1. The van der Waals surface area contributed by atoms with E-state index in [4.69, 9.17) is 11.6 Å². The van der Waals surface area contributed by atoms with Crippen molar-refractivity contribution in [2.45, 2.75) is 38.6 Å². The molecule has 0 saturated heterocycles. The number of fused-ring (bicyclic) bond motifs is 5. The Morgan fingerprint density at radius 3 is 2.59 bits per heavy atom. The zero-order valence-electron chi connectivity index (χ0n) is 13.4. The molecule has 0 fully saturated rings. The van der Waals surface area contributed by atoms with Gasteiger partial charge in [-0.2, -0.15) is 0 Å². The Bertz CT molecular complexity index is 892. The number of rotatable bonds is 0. The fraction of sp³-hybridized carbons (Fsp3) is 0.300. The lowest BCUT2D eigenvalue weighted by Gasteiger charge is -2.29. The second kappa shape index (κ2) is 4.17. The molecule has 1 unspecified atom stereocenters. The number of hydrogen-bond donors (Lipinski definition) is 0. The van der Waals surface area contributed by atoms with Crippen LogP contribution in [0.5, 0.6) is 0 Å². The van der Waals surface area contributed by atoms with Gasteiger partial charge in [-0.1, -0.05) is 42.0 Å². The predicted octanol–water partition coefficient (Wildman–Crippen LogP) is 5.66. The highest BCUT2D eigenvalue weighted by Crippen LogP contribution is 2.54. The zero-order chi connectivity index (χ0) is 15.7. The first kappa shape index (κ1) is 13.9. The summed E-state index contributed by atoms with van der Waals surface area (Å²) < 4.78 is 2.50. The number of nitrogens with zero attached hydrogens (tertiary/aromatic N) is 1. The Hall–Kier alpha value is -1.73. The highest BCUT2D eigenvalue weighted by molar-refractivity contribution is 6.31. The maximum absolute atomic E-state index is 6.24. The van der Waals surface area contributed by atoms with Crippen molar-refractivity contribution >= 4 is 22.5 Å². The van der Waals surface area contributed by atoms with Crippen LogP contribution in [0, 0.1) is 6.92 Å². The van der Waals surface area contributed by atoms with E-state index < -0.39 is 0 Å². The lowest BCUT2D eigenvalue weighted by Crippen LogP contribution is -2.27. The van der Waals surface area contributed by atoms with Crippen molar-refractivity contribution in [2.75, 3.05) is 0 Å². The molecule has 112 valence electrons. The van der Waals surface area contributed by atoms with Crippen LogP contribution in [0.1, 0.15) is 32.0 Å². The van der Waals surface area contributed by atoms with Crippen molar-refractivity contribution < 1.29 is 0 Å². The minimum Gasteiger partial charge on any atom is -0.334 e. The van der Waals surface area contributed by atoms with Crippen molar-refractivity contribution in [3.05, 3.63) is 70.4 Å². The van der Waals surface area contributed by atoms with E-state index >= 15 is 0 Å². The summed E-state index contributed by atoms with van der Waals surface area (Å²) >= 11 is 6.24. The summed E-state index contributed by atoms with van der Waals surface area (Å²) in [5, 5.41) is 2.07. The van der Waals surface area contributed by atoms with Crippen molar-refractivity contribution in [1.29, 1.82) is 0 Å². The zero-order valence-corrected chi connectivity index (χ0v) is 14.2. The topological polar surface area (TPSA) is 4.93 Å². The highest BCUT2D eigenvalue weighted by Gasteiger charge is 2.50. The summed E-state index contributed by atoms with van der Waals surface area (Å²) in [7, 11) is 0. The summed E-state index contributed by atoms with van der Waals surface area (Å²) in [5.74, 6) is 0. The van der Waals surface area contributed by atoms with Crippen molar-refractivity contribution in [3.63, 3.8) is 0 Å². The largest absolute Gasteiger partial charge is 0.334 e. The van der Waals surface area contributed by atoms with E-state index in [1.807, 2.05) is 6.07 Å². The van der Waals surface area contributed by atoms with Gasteiger partial charge < -0.3 is 4.57 Å². The molecule has 0 N–H and O–H groups in total. The van der Waals surface area contributed by atoms with Crippen LogP contribution in [-0.2, 0) is 11.0 Å². The van der Waals surface area contributed by atoms with Crippen molar-refractivity contribution in [1.82, 2.24) is 4.57 Å². The molecule has 1 aliphatic carbocycles. The molecule has 0 spiro atoms. The van der Waals surface area contributed by atoms with Crippen LogP contribution in [0.15, 0.2) is 54.2 Å². The SMILES string of the molecule is Cc1c2n(c3ccc(Cl)cc13)C(C)(C)C1=CC=CC=CC12C. The fourth-order valence-corrected chi connectivity index (χ4v) is 4.69. The van der Waals surface area contributed by atoms with Crippen LogP contribution in [0.4, 0.5) is 0 Å². The van der Waals surface area contributed by atoms with Gasteiger partial charge in [0.15, 0.2) is 0 Å². The maximum atomic E-state index is 6.24. The Morgan fingerprint density at radius 2 is 1.82 bits per heavy atom. The van der Waals surface area contributed by atoms with E-state index in [1.54, 1.807) is 0 Å². The smallest absolute Gasteiger partial charge is 0.0619 e. The van der Waals surface area contributed by atoms with Gasteiger partial charge in [-0.25, -0.2) is 0 Å². The lowest BCUT2D eigenvalue weighted by molar-refractivity contribution is 0.460. The Balaban J connectivity index is 2.19. The van der Waals surface area contributed by atoms with E-state index in [-0.39, 0.29) is 11.0 Å². The van der Waals surface area contributed by atoms with Gasteiger partial charge in [0.2, 0.25) is 0 Å². The van der Waals surface area contributed by atoms with E-state index in [2.05, 4.69) is 74.8 Å². The molecule has 2 heteroatoms. The molecular weight excluding hydrogens is 290 g/mol. The molecule has 2 heterocycles. The van der Waals surface area contributed by atoms with E-state index in [9.17, 15) is 0 Å². The Morgan fingerprint density at radius 1 is 1.05 bits per heavy atom. The second-order valence-electron chi connectivity index (χ2n) is 7.06. The molecule has 0 amide bonds. The summed E-state index contributed by atoms with van der Waals surface area (Å²) in [4.78, 5) is 0. The lowest BCUT2D eigenvalue weighted by atomic mass is 9.74. The van der Waals surface area contributed by atoms with Crippen LogP contribution in [-0.4, -0.2) is 4.57 Å². The third-order valence-corrected chi connectivity index (χ3v) is 5.60. The normalized spacial score (nSPS) is 25.0. The van der Waals surface area contributed by atoms with Gasteiger partial charge in [0.05, 0.1) is 5.54 Å². The first-order valence-corrected chi connectivity index (χ1v) is 8.14. The molecule has 1 aromatic heterocycles. The quantitative estimate of drug-likeness (QED) is 0.591. The summed E-state index contributed by atoms with van der Waals surface area (Å²) in [6.07, 6.45) is 11.1. The molecule has 22 heavy (non-hydrogen) atoms. The number of hydrogen-bond acceptors (Lipinski definition) is 0. The van der Waals surface area contributed by atoms with Gasteiger partial charge in [0.1, 0.15) is 0 Å². The molecule has 1 aliphatic heterocycles. The number of aromatic nitrogens is 1. The van der Waals surface area contributed by atoms with Crippen LogP contribution in [0.3, 0.4) is 0 Å².